The van der Waals surface area contributed by atoms with Gasteiger partial charge in [0, 0.05) is 26.0 Å². The van der Waals surface area contributed by atoms with Crippen LogP contribution in [-0.2, 0) is 0 Å². The molecule has 3 aromatic carbocycles. The molecule has 3 aromatic rings. The van der Waals surface area contributed by atoms with Gasteiger partial charge < -0.3 is 14.4 Å². The minimum Gasteiger partial charge on any atom is -0.494 e. The summed E-state index contributed by atoms with van der Waals surface area (Å²) < 4.78 is 11.2. The third-order valence-corrected chi connectivity index (χ3v) is 5.18. The molecule has 0 fully saturated rings. The molecule has 0 aliphatic heterocycles. The summed E-state index contributed by atoms with van der Waals surface area (Å²) in [5, 5.41) is 0. The lowest BCUT2D eigenvalue weighted by atomic mass is 10.2. The average Bonchev–Trinajstić information content (AvgIpc) is 2.84. The number of hydrogen-bond donors (Lipinski definition) is 0. The molecule has 5 heteroatoms. The van der Waals surface area contributed by atoms with Crippen LogP contribution in [0.2, 0.25) is 0 Å². The van der Waals surface area contributed by atoms with E-state index in [0.29, 0.717) is 17.9 Å². The van der Waals surface area contributed by atoms with Gasteiger partial charge in [-0.2, -0.15) is 0 Å². The van der Waals surface area contributed by atoms with Crippen LogP contribution in [0.15, 0.2) is 77.8 Å². The number of carbonyl (C=O) groups is 1. The van der Waals surface area contributed by atoms with E-state index in [9.17, 15) is 4.79 Å². The Balaban J connectivity index is 1.50. The predicted molar refractivity (Wildman–Crippen MR) is 136 cm³/mol. The minimum atomic E-state index is -0.401. The average molecular weight is 445 g/mol. The van der Waals surface area contributed by atoms with Gasteiger partial charge in [-0.05, 0) is 72.6 Å². The zero-order valence-corrected chi connectivity index (χ0v) is 19.7. The van der Waals surface area contributed by atoms with Crippen LogP contribution in [0.4, 0.5) is 11.4 Å². The van der Waals surface area contributed by atoms with Gasteiger partial charge >= 0.3 is 5.97 Å². The number of ether oxygens (including phenoxy) is 2. The molecule has 0 spiro atoms. The lowest BCUT2D eigenvalue weighted by Crippen LogP contribution is -2.08. The predicted octanol–water partition coefficient (Wildman–Crippen LogP) is 6.68. The first-order valence-electron chi connectivity index (χ1n) is 11.4. The monoisotopic (exact) mass is 444 g/mol. The van der Waals surface area contributed by atoms with Crippen molar-refractivity contribution in [3.63, 3.8) is 0 Å². The third kappa shape index (κ3) is 7.79. The Hall–Kier alpha value is -3.60. The highest BCUT2D eigenvalue weighted by atomic mass is 16.5. The van der Waals surface area contributed by atoms with Crippen LogP contribution < -0.4 is 14.4 Å². The van der Waals surface area contributed by atoms with Crippen molar-refractivity contribution in [1.29, 1.82) is 0 Å². The van der Waals surface area contributed by atoms with Gasteiger partial charge in [0.1, 0.15) is 11.5 Å². The van der Waals surface area contributed by atoms with Crippen LogP contribution in [0.1, 0.15) is 48.5 Å². The summed E-state index contributed by atoms with van der Waals surface area (Å²) in [5.41, 5.74) is 3.43. The number of nitrogens with zero attached hydrogens (tertiary/aromatic N) is 2. The highest BCUT2D eigenvalue weighted by Crippen LogP contribution is 2.20. The number of rotatable bonds is 11. The minimum absolute atomic E-state index is 0.401. The quantitative estimate of drug-likeness (QED) is 0.143. The molecule has 0 bridgehead atoms. The van der Waals surface area contributed by atoms with Gasteiger partial charge in [0.25, 0.3) is 0 Å². The van der Waals surface area contributed by atoms with Crippen molar-refractivity contribution in [2.24, 2.45) is 4.99 Å². The maximum absolute atomic E-state index is 12.4. The zero-order valence-electron chi connectivity index (χ0n) is 19.7. The van der Waals surface area contributed by atoms with Crippen molar-refractivity contribution >= 4 is 23.6 Å². The fraction of sp³-hybridized carbons (Fsp3) is 0.286. The maximum Gasteiger partial charge on any atom is 0.343 e. The number of benzene rings is 3. The Morgan fingerprint density at radius 3 is 2.15 bits per heavy atom. The third-order valence-electron chi connectivity index (χ3n) is 5.18. The Morgan fingerprint density at radius 2 is 1.52 bits per heavy atom. The van der Waals surface area contributed by atoms with Gasteiger partial charge in [-0.1, -0.05) is 38.3 Å². The van der Waals surface area contributed by atoms with E-state index in [2.05, 4.69) is 28.9 Å². The van der Waals surface area contributed by atoms with Crippen molar-refractivity contribution in [2.75, 3.05) is 25.6 Å². The first-order valence-corrected chi connectivity index (χ1v) is 11.4. The Bertz CT molecular complexity index is 1020. The summed E-state index contributed by atoms with van der Waals surface area (Å²) in [6, 6.07) is 22.3. The standard InChI is InChI=1S/C28H32N2O3/c1-4-5-6-7-20-32-26-16-10-23(11-17-26)28(31)33-27-18-12-24(13-19-27)29-21-22-8-14-25(15-9-22)30(2)3/h8-19,21H,4-7,20H2,1-3H3. The molecule has 0 atom stereocenters. The van der Waals surface area contributed by atoms with E-state index in [0.717, 1.165) is 29.1 Å². The summed E-state index contributed by atoms with van der Waals surface area (Å²) in [4.78, 5) is 19.0. The van der Waals surface area contributed by atoms with Gasteiger partial charge in [-0.3, -0.25) is 4.99 Å². The number of anilines is 1. The number of unbranched alkanes of at least 4 members (excludes halogenated alkanes) is 3. The second-order valence-electron chi connectivity index (χ2n) is 8.06. The summed E-state index contributed by atoms with van der Waals surface area (Å²) >= 11 is 0. The second kappa shape index (κ2) is 12.4. The van der Waals surface area contributed by atoms with E-state index in [4.69, 9.17) is 9.47 Å². The molecule has 0 aromatic heterocycles. The summed E-state index contributed by atoms with van der Waals surface area (Å²) in [7, 11) is 4.02. The second-order valence-corrected chi connectivity index (χ2v) is 8.06. The molecule has 0 heterocycles. The molecule has 0 saturated carbocycles. The van der Waals surface area contributed by atoms with Crippen LogP contribution in [0, 0.1) is 0 Å². The van der Waals surface area contributed by atoms with Crippen LogP contribution >= 0.6 is 0 Å². The first-order chi connectivity index (χ1) is 16.0. The molecular formula is C28H32N2O3. The van der Waals surface area contributed by atoms with E-state index < -0.39 is 5.97 Å². The summed E-state index contributed by atoms with van der Waals surface area (Å²) in [6.07, 6.45) is 6.47. The molecule has 5 nitrogen and oxygen atoms in total. The molecule has 0 N–H and O–H groups in total. The summed E-state index contributed by atoms with van der Waals surface area (Å²) in [6.45, 7) is 2.88. The molecule has 0 aliphatic rings. The topological polar surface area (TPSA) is 51.1 Å². The highest BCUT2D eigenvalue weighted by molar-refractivity contribution is 5.91. The summed E-state index contributed by atoms with van der Waals surface area (Å²) in [5.74, 6) is 0.842. The molecule has 33 heavy (non-hydrogen) atoms. The highest BCUT2D eigenvalue weighted by Gasteiger charge is 2.09. The SMILES string of the molecule is CCCCCCOc1ccc(C(=O)Oc2ccc(N=Cc3ccc(N(C)C)cc3)cc2)cc1. The smallest absolute Gasteiger partial charge is 0.343 e. The van der Waals surface area contributed by atoms with Crippen molar-refractivity contribution in [3.05, 3.63) is 83.9 Å². The number of esters is 1. The number of carbonyl (C=O) groups excluding carboxylic acids is 1. The zero-order chi connectivity index (χ0) is 23.5. The van der Waals surface area contributed by atoms with Gasteiger partial charge in [0.15, 0.2) is 0 Å². The van der Waals surface area contributed by atoms with E-state index in [1.807, 2.05) is 44.6 Å². The normalized spacial score (nSPS) is 10.9. The fourth-order valence-electron chi connectivity index (χ4n) is 3.18. The Kier molecular flexibility index (Phi) is 9.07. The van der Waals surface area contributed by atoms with E-state index in [-0.39, 0.29) is 0 Å². The van der Waals surface area contributed by atoms with Crippen LogP contribution in [-0.4, -0.2) is 32.9 Å². The number of aliphatic imine (C=N–C) groups is 1. The van der Waals surface area contributed by atoms with Crippen LogP contribution in [0.5, 0.6) is 11.5 Å². The van der Waals surface area contributed by atoms with E-state index in [1.165, 1.54) is 19.3 Å². The van der Waals surface area contributed by atoms with Crippen molar-refractivity contribution in [1.82, 2.24) is 0 Å². The van der Waals surface area contributed by atoms with Crippen molar-refractivity contribution < 1.29 is 14.3 Å². The molecule has 0 amide bonds. The molecule has 0 radical (unpaired) electrons. The Labute approximate surface area is 196 Å². The maximum atomic E-state index is 12.4. The Morgan fingerprint density at radius 1 is 0.848 bits per heavy atom. The van der Waals surface area contributed by atoms with E-state index >= 15 is 0 Å². The largest absolute Gasteiger partial charge is 0.494 e. The van der Waals surface area contributed by atoms with Gasteiger partial charge in [0.05, 0.1) is 17.9 Å². The molecule has 0 unspecified atom stereocenters. The number of hydrogen-bond acceptors (Lipinski definition) is 5. The van der Waals surface area contributed by atoms with Gasteiger partial charge in [0.2, 0.25) is 0 Å². The molecule has 3 rings (SSSR count). The van der Waals surface area contributed by atoms with E-state index in [1.54, 1.807) is 36.4 Å². The first kappa shape index (κ1) is 24.1. The van der Waals surface area contributed by atoms with Crippen molar-refractivity contribution in [2.45, 2.75) is 32.6 Å². The van der Waals surface area contributed by atoms with Crippen molar-refractivity contribution in [3.8, 4) is 11.5 Å². The lowest BCUT2D eigenvalue weighted by molar-refractivity contribution is 0.0734. The fourth-order valence-corrected chi connectivity index (χ4v) is 3.18. The molecule has 172 valence electrons. The molecular weight excluding hydrogens is 412 g/mol. The molecule has 0 saturated heterocycles. The van der Waals surface area contributed by atoms with Crippen LogP contribution in [0.3, 0.4) is 0 Å². The lowest BCUT2D eigenvalue weighted by Gasteiger charge is -2.11. The van der Waals surface area contributed by atoms with Crippen LogP contribution in [0.25, 0.3) is 0 Å². The molecule has 0 aliphatic carbocycles. The van der Waals surface area contributed by atoms with Gasteiger partial charge in [-0.25, -0.2) is 4.79 Å². The van der Waals surface area contributed by atoms with Gasteiger partial charge in [-0.15, -0.1) is 0 Å².